The molecule has 2 rings (SSSR count). The molecule has 0 aliphatic carbocycles. The first kappa shape index (κ1) is 16.6. The van der Waals surface area contributed by atoms with E-state index in [4.69, 9.17) is 4.74 Å². The summed E-state index contributed by atoms with van der Waals surface area (Å²) in [5, 5.41) is 0. The molecule has 0 radical (unpaired) electrons. The van der Waals surface area contributed by atoms with Crippen molar-refractivity contribution in [1.82, 2.24) is 0 Å². The van der Waals surface area contributed by atoms with E-state index in [9.17, 15) is 4.79 Å². The van der Waals surface area contributed by atoms with E-state index in [-0.39, 0.29) is 18.4 Å². The van der Waals surface area contributed by atoms with Crippen molar-refractivity contribution < 1.29 is 9.53 Å². The Labute approximate surface area is 127 Å². The molecule has 1 aliphatic rings. The summed E-state index contributed by atoms with van der Waals surface area (Å²) in [7, 11) is 0. The van der Waals surface area contributed by atoms with E-state index in [0.29, 0.717) is 12.2 Å². The van der Waals surface area contributed by atoms with Crippen LogP contribution in [0.4, 0.5) is 5.69 Å². The summed E-state index contributed by atoms with van der Waals surface area (Å²) < 4.78 is 5.14. The van der Waals surface area contributed by atoms with Crippen LogP contribution < -0.4 is 4.90 Å². The third-order valence-corrected chi connectivity index (χ3v) is 3.45. The first-order chi connectivity index (χ1) is 9.26. The molecule has 1 fully saturated rings. The van der Waals surface area contributed by atoms with E-state index < -0.39 is 0 Å². The lowest BCUT2D eigenvalue weighted by Crippen LogP contribution is -2.31. The van der Waals surface area contributed by atoms with Crippen LogP contribution in [-0.4, -0.2) is 25.7 Å². The Morgan fingerprint density at radius 3 is 2.65 bits per heavy atom. The van der Waals surface area contributed by atoms with Crippen molar-refractivity contribution in [3.05, 3.63) is 35.9 Å². The number of anilines is 1. The van der Waals surface area contributed by atoms with Crippen molar-refractivity contribution in [1.29, 1.82) is 0 Å². The Morgan fingerprint density at radius 1 is 1.35 bits per heavy atom. The Kier molecular flexibility index (Phi) is 6.59. The summed E-state index contributed by atoms with van der Waals surface area (Å²) >= 11 is 0. The predicted molar refractivity (Wildman–Crippen MR) is 85.8 cm³/mol. The van der Waals surface area contributed by atoms with Gasteiger partial charge in [-0.25, -0.2) is 4.79 Å². The van der Waals surface area contributed by atoms with Crippen molar-refractivity contribution >= 4 is 30.1 Å². The molecule has 1 aromatic rings. The van der Waals surface area contributed by atoms with Gasteiger partial charge in [0.15, 0.2) is 0 Å². The fourth-order valence-electron chi connectivity index (χ4n) is 2.45. The van der Waals surface area contributed by atoms with Crippen LogP contribution in [0.15, 0.2) is 24.8 Å². The molecule has 0 unspecified atom stereocenters. The molecule has 0 amide bonds. The van der Waals surface area contributed by atoms with E-state index in [1.54, 1.807) is 0 Å². The van der Waals surface area contributed by atoms with Crippen molar-refractivity contribution in [3.63, 3.8) is 0 Å². The summed E-state index contributed by atoms with van der Waals surface area (Å²) in [4.78, 5) is 14.3. The fourth-order valence-corrected chi connectivity index (χ4v) is 2.45. The molecule has 110 valence electrons. The van der Waals surface area contributed by atoms with Crippen LogP contribution in [0, 0.1) is 0 Å². The number of nitrogens with zero attached hydrogens (tertiary/aromatic N) is 1. The van der Waals surface area contributed by atoms with Crippen molar-refractivity contribution in [2.75, 3.05) is 24.6 Å². The molecule has 0 aromatic heterocycles. The second-order valence-corrected chi connectivity index (χ2v) is 4.75. The molecule has 0 atom stereocenters. The van der Waals surface area contributed by atoms with Gasteiger partial charge in [0.05, 0.1) is 17.9 Å². The van der Waals surface area contributed by atoms with Crippen LogP contribution in [-0.2, 0) is 4.74 Å². The first-order valence-electron chi connectivity index (χ1n) is 6.95. The summed E-state index contributed by atoms with van der Waals surface area (Å²) in [6, 6.07) is 5.79. The van der Waals surface area contributed by atoms with Gasteiger partial charge < -0.3 is 9.64 Å². The van der Waals surface area contributed by atoms with Crippen molar-refractivity contribution in [2.24, 2.45) is 0 Å². The minimum atomic E-state index is -0.237. The Morgan fingerprint density at radius 2 is 2.05 bits per heavy atom. The van der Waals surface area contributed by atoms with Gasteiger partial charge >= 0.3 is 5.97 Å². The number of hydrogen-bond donors (Lipinski definition) is 0. The van der Waals surface area contributed by atoms with E-state index >= 15 is 0 Å². The first-order valence-corrected chi connectivity index (χ1v) is 6.95. The van der Waals surface area contributed by atoms with Gasteiger partial charge in [-0.1, -0.05) is 18.7 Å². The van der Waals surface area contributed by atoms with Gasteiger partial charge in [-0.15, -0.1) is 12.4 Å². The van der Waals surface area contributed by atoms with Crippen LogP contribution >= 0.6 is 12.4 Å². The second-order valence-electron chi connectivity index (χ2n) is 4.75. The van der Waals surface area contributed by atoms with E-state index in [0.717, 1.165) is 24.3 Å². The van der Waals surface area contributed by atoms with Gasteiger partial charge in [-0.2, -0.15) is 0 Å². The van der Waals surface area contributed by atoms with Crippen LogP contribution in [0.5, 0.6) is 0 Å². The standard InChI is InChI=1S/C16H21NO2.ClH/c1-3-13-8-9-14(16(18)19-4-2)15(12-13)17-10-6-5-7-11-17;/h3,8-9,12H,1,4-7,10-11H2,2H3;1H. The zero-order valence-corrected chi connectivity index (χ0v) is 12.7. The average molecular weight is 296 g/mol. The maximum Gasteiger partial charge on any atom is 0.340 e. The molecule has 0 N–H and O–H groups in total. The van der Waals surface area contributed by atoms with Gasteiger partial charge in [-0.3, -0.25) is 0 Å². The molecule has 1 aliphatic heterocycles. The zero-order chi connectivity index (χ0) is 13.7. The molecule has 0 spiro atoms. The van der Waals surface area contributed by atoms with Crippen LogP contribution in [0.3, 0.4) is 0 Å². The molecule has 1 saturated heterocycles. The van der Waals surface area contributed by atoms with Crippen LogP contribution in [0.2, 0.25) is 0 Å². The largest absolute Gasteiger partial charge is 0.462 e. The van der Waals surface area contributed by atoms with E-state index in [2.05, 4.69) is 11.5 Å². The van der Waals surface area contributed by atoms with Crippen molar-refractivity contribution in [2.45, 2.75) is 26.2 Å². The number of hydrogen-bond acceptors (Lipinski definition) is 3. The topological polar surface area (TPSA) is 29.5 Å². The normalized spacial score (nSPS) is 14.3. The maximum atomic E-state index is 12.0. The highest BCUT2D eigenvalue weighted by atomic mass is 35.5. The summed E-state index contributed by atoms with van der Waals surface area (Å²) in [5.41, 5.74) is 2.68. The Hall–Kier alpha value is -1.48. The van der Waals surface area contributed by atoms with Crippen LogP contribution in [0.25, 0.3) is 6.08 Å². The molecular formula is C16H22ClNO2. The maximum absolute atomic E-state index is 12.0. The number of carbonyl (C=O) groups excluding carboxylic acids is 1. The lowest BCUT2D eigenvalue weighted by atomic mass is 10.0. The van der Waals surface area contributed by atoms with E-state index in [1.165, 1.54) is 19.3 Å². The minimum Gasteiger partial charge on any atom is -0.462 e. The molecule has 1 aromatic carbocycles. The predicted octanol–water partition coefficient (Wildman–Crippen LogP) is 3.92. The highest BCUT2D eigenvalue weighted by Gasteiger charge is 2.19. The van der Waals surface area contributed by atoms with Gasteiger partial charge in [-0.05, 0) is 43.9 Å². The Bertz CT molecular complexity index is 468. The summed E-state index contributed by atoms with van der Waals surface area (Å²) in [5.74, 6) is -0.237. The van der Waals surface area contributed by atoms with Crippen LogP contribution in [0.1, 0.15) is 42.1 Å². The van der Waals surface area contributed by atoms with Gasteiger partial charge in [0.1, 0.15) is 0 Å². The number of ether oxygens (including phenoxy) is 1. The quantitative estimate of drug-likeness (QED) is 0.789. The number of benzene rings is 1. The molecule has 0 bridgehead atoms. The number of piperidine rings is 1. The number of rotatable bonds is 4. The molecule has 4 heteroatoms. The highest BCUT2D eigenvalue weighted by Crippen LogP contribution is 2.26. The molecule has 20 heavy (non-hydrogen) atoms. The second kappa shape index (κ2) is 7.95. The third-order valence-electron chi connectivity index (χ3n) is 3.45. The molecule has 0 saturated carbocycles. The molecule has 3 nitrogen and oxygen atoms in total. The minimum absolute atomic E-state index is 0. The fraction of sp³-hybridized carbons (Fsp3) is 0.438. The number of carbonyl (C=O) groups is 1. The lowest BCUT2D eigenvalue weighted by molar-refractivity contribution is 0.0527. The zero-order valence-electron chi connectivity index (χ0n) is 11.9. The average Bonchev–Trinajstić information content (AvgIpc) is 2.47. The lowest BCUT2D eigenvalue weighted by Gasteiger charge is -2.30. The SMILES string of the molecule is C=Cc1ccc(C(=O)OCC)c(N2CCCCC2)c1.Cl. The Balaban J connectivity index is 0.00000200. The summed E-state index contributed by atoms with van der Waals surface area (Å²) in [6.07, 6.45) is 5.44. The summed E-state index contributed by atoms with van der Waals surface area (Å²) in [6.45, 7) is 8.04. The van der Waals surface area contributed by atoms with Gasteiger partial charge in [0.2, 0.25) is 0 Å². The number of halogens is 1. The highest BCUT2D eigenvalue weighted by molar-refractivity contribution is 5.96. The monoisotopic (exact) mass is 295 g/mol. The smallest absolute Gasteiger partial charge is 0.340 e. The third kappa shape index (κ3) is 3.76. The van der Waals surface area contributed by atoms with Crippen molar-refractivity contribution in [3.8, 4) is 0 Å². The molecular weight excluding hydrogens is 274 g/mol. The number of esters is 1. The van der Waals surface area contributed by atoms with Gasteiger partial charge in [0, 0.05) is 13.1 Å². The van der Waals surface area contributed by atoms with Gasteiger partial charge in [0.25, 0.3) is 0 Å². The van der Waals surface area contributed by atoms with E-state index in [1.807, 2.05) is 31.2 Å². The molecule has 1 heterocycles.